The molecule has 0 spiro atoms. The third-order valence-electron chi connectivity index (χ3n) is 3.34. The first-order valence-electron chi connectivity index (χ1n) is 5.39. The molecule has 3 nitrogen and oxygen atoms in total. The minimum Gasteiger partial charge on any atom is -0.382 e. The largest absolute Gasteiger partial charge is 0.382 e. The Hall–Kier alpha value is -0.990. The fourth-order valence-corrected chi connectivity index (χ4v) is 2.44. The molecule has 1 aliphatic carbocycles. The summed E-state index contributed by atoms with van der Waals surface area (Å²) in [5, 5.41) is 4.31. The second-order valence-electron chi connectivity index (χ2n) is 4.89. The van der Waals surface area contributed by atoms with Crippen molar-refractivity contribution in [3.63, 3.8) is 0 Å². The smallest absolute Gasteiger partial charge is 0.145 e. The van der Waals surface area contributed by atoms with E-state index >= 15 is 0 Å². The zero-order valence-corrected chi connectivity index (χ0v) is 9.08. The summed E-state index contributed by atoms with van der Waals surface area (Å²) in [6, 6.07) is 1.94. The molecule has 78 valence electrons. The van der Waals surface area contributed by atoms with Crippen LogP contribution in [0.4, 0.5) is 5.82 Å². The zero-order chi connectivity index (χ0) is 10.2. The molecule has 0 amide bonds. The van der Waals surface area contributed by atoms with Crippen LogP contribution in [-0.2, 0) is 6.54 Å². The molecule has 2 rings (SSSR count). The van der Waals surface area contributed by atoms with E-state index < -0.39 is 0 Å². The molecule has 0 radical (unpaired) electrons. The third kappa shape index (κ3) is 1.76. The number of rotatable bonds is 2. The number of nitrogens with zero attached hydrogens (tertiary/aromatic N) is 2. The summed E-state index contributed by atoms with van der Waals surface area (Å²) in [5.41, 5.74) is 7.29. The highest BCUT2D eigenvalue weighted by molar-refractivity contribution is 5.28. The van der Waals surface area contributed by atoms with Crippen molar-refractivity contribution in [1.82, 2.24) is 9.78 Å². The predicted octanol–water partition coefficient (Wildman–Crippen LogP) is 2.35. The van der Waals surface area contributed by atoms with E-state index in [2.05, 4.69) is 23.6 Å². The quantitative estimate of drug-likeness (QED) is 0.783. The van der Waals surface area contributed by atoms with Gasteiger partial charge in [-0.3, -0.25) is 4.68 Å². The van der Waals surface area contributed by atoms with E-state index in [1.54, 1.807) is 0 Å². The minimum absolute atomic E-state index is 0.448. The molecule has 1 aromatic heterocycles. The topological polar surface area (TPSA) is 43.8 Å². The number of aromatic nitrogens is 2. The molecule has 1 fully saturated rings. The molecule has 0 aliphatic heterocycles. The first kappa shape index (κ1) is 9.56. The maximum absolute atomic E-state index is 5.66. The number of nitrogen functional groups attached to an aromatic ring is 1. The second kappa shape index (κ2) is 3.30. The summed E-state index contributed by atoms with van der Waals surface area (Å²) in [7, 11) is 0. The van der Waals surface area contributed by atoms with Gasteiger partial charge < -0.3 is 5.73 Å². The number of aryl methyl sites for hydroxylation is 1. The molecule has 0 unspecified atom stereocenters. The highest BCUT2D eigenvalue weighted by atomic mass is 15.3. The van der Waals surface area contributed by atoms with E-state index in [1.165, 1.54) is 31.4 Å². The Morgan fingerprint density at radius 2 is 2.14 bits per heavy atom. The normalized spacial score (nSPS) is 20.1. The lowest BCUT2D eigenvalue weighted by atomic mass is 9.89. The van der Waals surface area contributed by atoms with E-state index in [4.69, 9.17) is 5.73 Å². The van der Waals surface area contributed by atoms with Gasteiger partial charge in [0, 0.05) is 18.3 Å². The van der Waals surface area contributed by atoms with Gasteiger partial charge in [0.25, 0.3) is 0 Å². The van der Waals surface area contributed by atoms with Gasteiger partial charge in [0.05, 0.1) is 0 Å². The van der Waals surface area contributed by atoms with Crippen molar-refractivity contribution in [1.29, 1.82) is 0 Å². The van der Waals surface area contributed by atoms with Crippen LogP contribution >= 0.6 is 0 Å². The van der Waals surface area contributed by atoms with Crippen LogP contribution < -0.4 is 5.73 Å². The molecule has 3 heteroatoms. The van der Waals surface area contributed by atoms with Crippen molar-refractivity contribution in [3.05, 3.63) is 11.8 Å². The number of anilines is 1. The van der Waals surface area contributed by atoms with Crippen LogP contribution in [0.15, 0.2) is 6.07 Å². The van der Waals surface area contributed by atoms with Crippen molar-refractivity contribution in [2.24, 2.45) is 5.41 Å². The SMILES string of the molecule is Cc1cc(N)nn1CC1(C)CCCC1. The summed E-state index contributed by atoms with van der Waals surface area (Å²) in [5.74, 6) is 0.643. The first-order valence-corrected chi connectivity index (χ1v) is 5.39. The van der Waals surface area contributed by atoms with Crippen LogP contribution in [0.3, 0.4) is 0 Å². The maximum atomic E-state index is 5.66. The Balaban J connectivity index is 2.13. The van der Waals surface area contributed by atoms with Crippen LogP contribution in [-0.4, -0.2) is 9.78 Å². The number of hydrogen-bond acceptors (Lipinski definition) is 2. The molecule has 1 aromatic rings. The second-order valence-corrected chi connectivity index (χ2v) is 4.89. The summed E-state index contributed by atoms with van der Waals surface area (Å²) in [6.07, 6.45) is 5.39. The Morgan fingerprint density at radius 1 is 1.50 bits per heavy atom. The van der Waals surface area contributed by atoms with E-state index in [9.17, 15) is 0 Å². The fourth-order valence-electron chi connectivity index (χ4n) is 2.44. The summed E-state index contributed by atoms with van der Waals surface area (Å²) >= 11 is 0. The van der Waals surface area contributed by atoms with E-state index in [0.717, 1.165) is 6.54 Å². The monoisotopic (exact) mass is 193 g/mol. The Bertz CT molecular complexity index is 321. The summed E-state index contributed by atoms with van der Waals surface area (Å²) in [6.45, 7) is 5.45. The van der Waals surface area contributed by atoms with Crippen LogP contribution in [0.2, 0.25) is 0 Å². The number of hydrogen-bond donors (Lipinski definition) is 1. The Labute approximate surface area is 85.3 Å². The van der Waals surface area contributed by atoms with Crippen LogP contribution in [0.25, 0.3) is 0 Å². The van der Waals surface area contributed by atoms with E-state index in [1.807, 2.05) is 6.07 Å². The lowest BCUT2D eigenvalue weighted by molar-refractivity contribution is 0.266. The van der Waals surface area contributed by atoms with Crippen LogP contribution in [0.1, 0.15) is 38.3 Å². The van der Waals surface area contributed by atoms with Gasteiger partial charge in [-0.25, -0.2) is 0 Å². The summed E-state index contributed by atoms with van der Waals surface area (Å²) in [4.78, 5) is 0. The first-order chi connectivity index (χ1) is 6.59. The summed E-state index contributed by atoms with van der Waals surface area (Å²) < 4.78 is 2.06. The van der Waals surface area contributed by atoms with Crippen molar-refractivity contribution in [2.45, 2.75) is 46.1 Å². The average Bonchev–Trinajstić information content (AvgIpc) is 2.61. The molecule has 14 heavy (non-hydrogen) atoms. The van der Waals surface area contributed by atoms with Gasteiger partial charge in [0.2, 0.25) is 0 Å². The molecular formula is C11H19N3. The predicted molar refractivity (Wildman–Crippen MR) is 58.0 cm³/mol. The van der Waals surface area contributed by atoms with Gasteiger partial charge in [0.1, 0.15) is 5.82 Å². The molecule has 0 atom stereocenters. The molecular weight excluding hydrogens is 174 g/mol. The highest BCUT2D eigenvalue weighted by Crippen LogP contribution is 2.39. The Morgan fingerprint density at radius 3 is 2.64 bits per heavy atom. The standard InChI is InChI=1S/C11H19N3/c1-9-7-10(12)13-14(9)8-11(2)5-3-4-6-11/h7H,3-6,8H2,1-2H3,(H2,12,13). The zero-order valence-electron chi connectivity index (χ0n) is 9.08. The highest BCUT2D eigenvalue weighted by Gasteiger charge is 2.29. The van der Waals surface area contributed by atoms with Crippen LogP contribution in [0, 0.1) is 12.3 Å². The van der Waals surface area contributed by atoms with E-state index in [-0.39, 0.29) is 0 Å². The Kier molecular flexibility index (Phi) is 2.25. The molecule has 1 aliphatic rings. The van der Waals surface area contributed by atoms with Crippen molar-refractivity contribution < 1.29 is 0 Å². The fraction of sp³-hybridized carbons (Fsp3) is 0.727. The molecule has 1 saturated carbocycles. The van der Waals surface area contributed by atoms with Crippen molar-refractivity contribution in [3.8, 4) is 0 Å². The number of nitrogens with two attached hydrogens (primary N) is 1. The molecule has 0 aromatic carbocycles. The molecule has 2 N–H and O–H groups in total. The van der Waals surface area contributed by atoms with Crippen molar-refractivity contribution in [2.75, 3.05) is 5.73 Å². The van der Waals surface area contributed by atoms with Gasteiger partial charge in [0.15, 0.2) is 0 Å². The maximum Gasteiger partial charge on any atom is 0.145 e. The molecule has 0 bridgehead atoms. The van der Waals surface area contributed by atoms with E-state index in [0.29, 0.717) is 11.2 Å². The van der Waals surface area contributed by atoms with Gasteiger partial charge >= 0.3 is 0 Å². The molecule has 1 heterocycles. The van der Waals surface area contributed by atoms with Crippen molar-refractivity contribution >= 4 is 5.82 Å². The van der Waals surface area contributed by atoms with Gasteiger partial charge in [-0.05, 0) is 25.2 Å². The van der Waals surface area contributed by atoms with Gasteiger partial charge in [-0.1, -0.05) is 19.8 Å². The lowest BCUT2D eigenvalue weighted by Crippen LogP contribution is -2.21. The third-order valence-corrected chi connectivity index (χ3v) is 3.34. The van der Waals surface area contributed by atoms with Crippen LogP contribution in [0.5, 0.6) is 0 Å². The van der Waals surface area contributed by atoms with Gasteiger partial charge in [-0.2, -0.15) is 5.10 Å². The minimum atomic E-state index is 0.448. The molecule has 0 saturated heterocycles. The average molecular weight is 193 g/mol. The lowest BCUT2D eigenvalue weighted by Gasteiger charge is -2.23. The van der Waals surface area contributed by atoms with Gasteiger partial charge in [-0.15, -0.1) is 0 Å².